The van der Waals surface area contributed by atoms with Crippen molar-refractivity contribution < 1.29 is 22.8 Å². The molecule has 3 rings (SSSR count). The van der Waals surface area contributed by atoms with E-state index in [4.69, 9.17) is 9.26 Å². The molecule has 0 unspecified atom stereocenters. The molecule has 2 aromatic heterocycles. The van der Waals surface area contributed by atoms with Gasteiger partial charge in [-0.15, -0.1) is 0 Å². The molecule has 0 N–H and O–H groups in total. The van der Waals surface area contributed by atoms with E-state index >= 15 is 0 Å². The number of rotatable bonds is 5. The number of halogens is 2. The molecule has 0 spiro atoms. The first-order valence-electron chi connectivity index (χ1n) is 7.68. The molecule has 0 aliphatic carbocycles. The van der Waals surface area contributed by atoms with Crippen LogP contribution in [0, 0.1) is 6.92 Å². The second kappa shape index (κ2) is 6.79. The molecule has 1 saturated heterocycles. The van der Waals surface area contributed by atoms with Crippen LogP contribution in [0.15, 0.2) is 16.9 Å². The molecule has 0 saturated carbocycles. The van der Waals surface area contributed by atoms with Crippen LogP contribution in [0.4, 0.5) is 8.78 Å². The molecule has 1 aliphatic heterocycles. The van der Waals surface area contributed by atoms with Gasteiger partial charge in [-0.2, -0.15) is 4.98 Å². The predicted octanol–water partition coefficient (Wildman–Crippen LogP) is 1.58. The van der Waals surface area contributed by atoms with Gasteiger partial charge in [-0.1, -0.05) is 5.16 Å². The van der Waals surface area contributed by atoms with Gasteiger partial charge in [0.15, 0.2) is 5.82 Å². The van der Waals surface area contributed by atoms with Crippen LogP contribution in [0.2, 0.25) is 0 Å². The van der Waals surface area contributed by atoms with E-state index in [0.717, 1.165) is 4.90 Å². The third-order valence-electron chi connectivity index (χ3n) is 3.83. The number of alkyl halides is 2. The van der Waals surface area contributed by atoms with Gasteiger partial charge in [0.25, 0.3) is 11.8 Å². The van der Waals surface area contributed by atoms with Crippen molar-refractivity contribution in [2.75, 3.05) is 20.3 Å². The third-order valence-corrected chi connectivity index (χ3v) is 3.83. The quantitative estimate of drug-likeness (QED) is 0.805. The van der Waals surface area contributed by atoms with Crippen molar-refractivity contribution in [2.24, 2.45) is 0 Å². The SMILES string of the molecule is COCCc1noc([C@@H]2CC(F)(F)CN2C(=O)c2cnc(C)cn2)n1. The van der Waals surface area contributed by atoms with E-state index in [1.807, 2.05) is 0 Å². The molecule has 1 fully saturated rings. The Morgan fingerprint density at radius 1 is 1.44 bits per heavy atom. The van der Waals surface area contributed by atoms with Crippen molar-refractivity contribution in [2.45, 2.75) is 31.7 Å². The van der Waals surface area contributed by atoms with E-state index < -0.39 is 30.8 Å². The summed E-state index contributed by atoms with van der Waals surface area (Å²) in [7, 11) is 1.53. The number of hydrogen-bond donors (Lipinski definition) is 0. The Kier molecular flexibility index (Phi) is 4.71. The summed E-state index contributed by atoms with van der Waals surface area (Å²) in [5.41, 5.74) is 0.618. The number of carbonyl (C=O) groups excluding carboxylic acids is 1. The van der Waals surface area contributed by atoms with Crippen LogP contribution < -0.4 is 0 Å². The first-order valence-corrected chi connectivity index (χ1v) is 7.68. The van der Waals surface area contributed by atoms with Gasteiger partial charge in [0.05, 0.1) is 25.0 Å². The summed E-state index contributed by atoms with van der Waals surface area (Å²) in [5.74, 6) is -3.36. The highest BCUT2D eigenvalue weighted by molar-refractivity contribution is 5.92. The summed E-state index contributed by atoms with van der Waals surface area (Å²) in [4.78, 5) is 25.7. The van der Waals surface area contributed by atoms with Gasteiger partial charge in [-0.05, 0) is 6.92 Å². The maximum absolute atomic E-state index is 13.9. The Bertz CT molecular complexity index is 750. The number of carbonyl (C=O) groups is 1. The molecule has 0 radical (unpaired) electrons. The zero-order chi connectivity index (χ0) is 18.0. The number of aromatic nitrogens is 4. The predicted molar refractivity (Wildman–Crippen MR) is 80.0 cm³/mol. The number of methoxy groups -OCH3 is 1. The van der Waals surface area contributed by atoms with Gasteiger partial charge in [-0.25, -0.2) is 13.8 Å². The first kappa shape index (κ1) is 17.3. The van der Waals surface area contributed by atoms with E-state index in [1.165, 1.54) is 19.5 Å². The number of aryl methyl sites for hydroxylation is 1. The highest BCUT2D eigenvalue weighted by atomic mass is 19.3. The average molecular weight is 353 g/mol. The zero-order valence-electron chi connectivity index (χ0n) is 13.8. The van der Waals surface area contributed by atoms with E-state index in [1.54, 1.807) is 6.92 Å². The second-order valence-corrected chi connectivity index (χ2v) is 5.84. The minimum Gasteiger partial charge on any atom is -0.384 e. The number of ether oxygens (including phenoxy) is 1. The van der Waals surface area contributed by atoms with Gasteiger partial charge in [0.1, 0.15) is 11.7 Å². The number of likely N-dealkylation sites (tertiary alicyclic amines) is 1. The lowest BCUT2D eigenvalue weighted by Crippen LogP contribution is -2.33. The fourth-order valence-electron chi connectivity index (χ4n) is 2.60. The van der Waals surface area contributed by atoms with Crippen molar-refractivity contribution in [1.29, 1.82) is 0 Å². The molecule has 8 nitrogen and oxygen atoms in total. The molecule has 134 valence electrons. The normalized spacial score (nSPS) is 19.4. The van der Waals surface area contributed by atoms with Crippen LogP contribution in [0.5, 0.6) is 0 Å². The Labute approximate surface area is 142 Å². The molecular weight excluding hydrogens is 336 g/mol. The topological polar surface area (TPSA) is 94.2 Å². The highest BCUT2D eigenvalue weighted by Gasteiger charge is 2.50. The third kappa shape index (κ3) is 3.78. The lowest BCUT2D eigenvalue weighted by atomic mass is 10.2. The van der Waals surface area contributed by atoms with Gasteiger partial charge >= 0.3 is 0 Å². The van der Waals surface area contributed by atoms with Crippen molar-refractivity contribution in [1.82, 2.24) is 25.0 Å². The molecule has 0 bridgehead atoms. The summed E-state index contributed by atoms with van der Waals surface area (Å²) in [6.07, 6.45) is 2.49. The Morgan fingerprint density at radius 3 is 2.92 bits per heavy atom. The van der Waals surface area contributed by atoms with Gasteiger partial charge in [0, 0.05) is 26.1 Å². The van der Waals surface area contributed by atoms with Crippen LogP contribution in [0.1, 0.15) is 40.4 Å². The van der Waals surface area contributed by atoms with Crippen molar-refractivity contribution in [3.63, 3.8) is 0 Å². The Morgan fingerprint density at radius 2 is 2.24 bits per heavy atom. The lowest BCUT2D eigenvalue weighted by Gasteiger charge is -2.20. The molecule has 0 aromatic carbocycles. The molecule has 3 heterocycles. The van der Waals surface area contributed by atoms with Crippen molar-refractivity contribution in [3.05, 3.63) is 35.5 Å². The Balaban J connectivity index is 1.84. The summed E-state index contributed by atoms with van der Waals surface area (Å²) in [5, 5.41) is 3.75. The van der Waals surface area contributed by atoms with Crippen molar-refractivity contribution >= 4 is 5.91 Å². The zero-order valence-corrected chi connectivity index (χ0v) is 13.8. The van der Waals surface area contributed by atoms with E-state index in [-0.39, 0.29) is 11.6 Å². The van der Waals surface area contributed by atoms with Gasteiger partial charge in [0.2, 0.25) is 5.89 Å². The number of amides is 1. The highest BCUT2D eigenvalue weighted by Crippen LogP contribution is 2.41. The Hall–Kier alpha value is -2.49. The summed E-state index contributed by atoms with van der Waals surface area (Å²) < 4.78 is 37.9. The summed E-state index contributed by atoms with van der Waals surface area (Å²) in [6, 6.07) is -1.01. The number of nitrogens with zero attached hydrogens (tertiary/aromatic N) is 5. The first-order chi connectivity index (χ1) is 11.9. The fraction of sp³-hybridized carbons (Fsp3) is 0.533. The molecule has 2 aromatic rings. The largest absolute Gasteiger partial charge is 0.384 e. The molecule has 1 amide bonds. The van der Waals surface area contributed by atoms with Crippen molar-refractivity contribution in [3.8, 4) is 0 Å². The summed E-state index contributed by atoms with van der Waals surface area (Å²) in [6.45, 7) is 1.36. The minimum atomic E-state index is -3.04. The van der Waals surface area contributed by atoms with Crippen LogP contribution >= 0.6 is 0 Å². The molecule has 25 heavy (non-hydrogen) atoms. The molecule has 1 atom stereocenters. The molecule has 10 heteroatoms. The maximum Gasteiger partial charge on any atom is 0.274 e. The standard InChI is InChI=1S/C15H17F2N5O3/c1-9-6-19-10(7-18-9)14(23)22-8-15(16,17)5-11(22)13-20-12(21-25-13)3-4-24-2/h6-7,11H,3-5,8H2,1-2H3/t11-/m0/s1. The van der Waals surface area contributed by atoms with Gasteiger partial charge in [-0.3, -0.25) is 9.78 Å². The monoisotopic (exact) mass is 353 g/mol. The fourth-order valence-corrected chi connectivity index (χ4v) is 2.60. The van der Waals surface area contributed by atoms with Crippen LogP contribution in [-0.4, -0.2) is 57.1 Å². The smallest absolute Gasteiger partial charge is 0.274 e. The second-order valence-electron chi connectivity index (χ2n) is 5.84. The number of hydrogen-bond acceptors (Lipinski definition) is 7. The average Bonchev–Trinajstić information content (AvgIpc) is 3.16. The van der Waals surface area contributed by atoms with E-state index in [9.17, 15) is 13.6 Å². The van der Waals surface area contributed by atoms with Crippen LogP contribution in [0.25, 0.3) is 0 Å². The van der Waals surface area contributed by atoms with E-state index in [0.29, 0.717) is 24.5 Å². The molecular formula is C15H17F2N5O3. The molecule has 1 aliphatic rings. The van der Waals surface area contributed by atoms with E-state index in [2.05, 4.69) is 20.1 Å². The van der Waals surface area contributed by atoms with Gasteiger partial charge < -0.3 is 14.2 Å². The maximum atomic E-state index is 13.9. The summed E-state index contributed by atoms with van der Waals surface area (Å²) >= 11 is 0. The lowest BCUT2D eigenvalue weighted by molar-refractivity contribution is 0.0116. The van der Waals surface area contributed by atoms with Crippen LogP contribution in [-0.2, 0) is 11.2 Å². The van der Waals surface area contributed by atoms with Crippen LogP contribution in [0.3, 0.4) is 0 Å². The minimum absolute atomic E-state index is 0.00702.